The third-order valence-corrected chi connectivity index (χ3v) is 4.41. The normalized spacial score (nSPS) is 14.4. The van der Waals surface area contributed by atoms with E-state index in [2.05, 4.69) is 25.5 Å². The highest BCUT2D eigenvalue weighted by atomic mass is 32.2. The molecule has 1 aromatic carbocycles. The van der Waals surface area contributed by atoms with Crippen LogP contribution in [0.5, 0.6) is 0 Å². The molecule has 0 aliphatic heterocycles. The van der Waals surface area contributed by atoms with E-state index in [4.69, 9.17) is 4.74 Å². The number of nitrogens with one attached hydrogen (secondary N) is 1. The average molecular weight is 285 g/mol. The van der Waals surface area contributed by atoms with Crippen LogP contribution in [0.1, 0.15) is 33.3 Å². The van der Waals surface area contributed by atoms with Gasteiger partial charge in [-0.3, -0.25) is 0 Å². The lowest BCUT2D eigenvalue weighted by atomic mass is 9.87. The second-order valence-electron chi connectivity index (χ2n) is 5.75. The lowest BCUT2D eigenvalue weighted by Gasteiger charge is -2.19. The van der Waals surface area contributed by atoms with Crippen molar-refractivity contribution < 1.29 is 13.2 Å². The first-order chi connectivity index (χ1) is 8.66. The standard InChI is InChI=1S/C14H23NO3S/c1-11(10-18-5)15-19(16,17)13-8-6-12(7-9-13)14(2,3)4/h6-9,11,15H,10H2,1-5H3. The summed E-state index contributed by atoms with van der Waals surface area (Å²) in [5, 5.41) is 0. The molecule has 1 atom stereocenters. The van der Waals surface area contributed by atoms with Gasteiger partial charge in [-0.25, -0.2) is 13.1 Å². The molecular weight excluding hydrogens is 262 g/mol. The monoisotopic (exact) mass is 285 g/mol. The molecule has 0 radical (unpaired) electrons. The van der Waals surface area contributed by atoms with E-state index < -0.39 is 10.0 Å². The van der Waals surface area contributed by atoms with Gasteiger partial charge in [0.2, 0.25) is 10.0 Å². The van der Waals surface area contributed by atoms with Gasteiger partial charge in [0.25, 0.3) is 0 Å². The van der Waals surface area contributed by atoms with Gasteiger partial charge in [-0.1, -0.05) is 32.9 Å². The molecule has 0 amide bonds. The SMILES string of the molecule is COCC(C)NS(=O)(=O)c1ccc(C(C)(C)C)cc1. The molecule has 0 bridgehead atoms. The molecule has 0 aliphatic carbocycles. The van der Waals surface area contributed by atoms with E-state index in [1.807, 2.05) is 12.1 Å². The topological polar surface area (TPSA) is 55.4 Å². The molecule has 0 heterocycles. The van der Waals surface area contributed by atoms with E-state index in [1.54, 1.807) is 26.2 Å². The average Bonchev–Trinajstić information content (AvgIpc) is 2.27. The van der Waals surface area contributed by atoms with Crippen molar-refractivity contribution in [3.8, 4) is 0 Å². The van der Waals surface area contributed by atoms with Crippen LogP contribution in [0.2, 0.25) is 0 Å². The van der Waals surface area contributed by atoms with Gasteiger partial charge in [0.1, 0.15) is 0 Å². The quantitative estimate of drug-likeness (QED) is 0.903. The van der Waals surface area contributed by atoms with Crippen LogP contribution >= 0.6 is 0 Å². The molecule has 0 saturated carbocycles. The molecule has 108 valence electrons. The van der Waals surface area contributed by atoms with Crippen molar-refractivity contribution in [2.75, 3.05) is 13.7 Å². The Morgan fingerprint density at radius 2 is 1.74 bits per heavy atom. The van der Waals surface area contributed by atoms with Gasteiger partial charge >= 0.3 is 0 Å². The van der Waals surface area contributed by atoms with Gasteiger partial charge in [-0.05, 0) is 30.0 Å². The minimum Gasteiger partial charge on any atom is -0.383 e. The van der Waals surface area contributed by atoms with E-state index in [0.29, 0.717) is 6.61 Å². The summed E-state index contributed by atoms with van der Waals surface area (Å²) in [7, 11) is -1.93. The fraction of sp³-hybridized carbons (Fsp3) is 0.571. The van der Waals surface area contributed by atoms with Crippen LogP contribution in [-0.2, 0) is 20.2 Å². The Bertz CT molecular complexity index is 500. The third-order valence-electron chi connectivity index (χ3n) is 2.80. The van der Waals surface area contributed by atoms with Crippen LogP contribution < -0.4 is 4.72 Å². The number of ether oxygens (including phenoxy) is 1. The Hall–Kier alpha value is -0.910. The third kappa shape index (κ3) is 4.60. The fourth-order valence-corrected chi connectivity index (χ4v) is 2.98. The summed E-state index contributed by atoms with van der Waals surface area (Å²) >= 11 is 0. The highest BCUT2D eigenvalue weighted by molar-refractivity contribution is 7.89. The lowest BCUT2D eigenvalue weighted by molar-refractivity contribution is 0.180. The molecule has 19 heavy (non-hydrogen) atoms. The maximum absolute atomic E-state index is 12.1. The van der Waals surface area contributed by atoms with E-state index in [-0.39, 0.29) is 16.4 Å². The van der Waals surface area contributed by atoms with Gasteiger partial charge in [-0.2, -0.15) is 0 Å². The van der Waals surface area contributed by atoms with E-state index in [9.17, 15) is 8.42 Å². The molecule has 1 aromatic rings. The summed E-state index contributed by atoms with van der Waals surface area (Å²) in [6.07, 6.45) is 0. The van der Waals surface area contributed by atoms with Crippen molar-refractivity contribution in [2.24, 2.45) is 0 Å². The smallest absolute Gasteiger partial charge is 0.240 e. The number of rotatable bonds is 5. The first kappa shape index (κ1) is 16.1. The summed E-state index contributed by atoms with van der Waals surface area (Å²) in [4.78, 5) is 0.281. The van der Waals surface area contributed by atoms with Crippen LogP contribution in [0.3, 0.4) is 0 Å². The number of hydrogen-bond donors (Lipinski definition) is 1. The molecule has 4 nitrogen and oxygen atoms in total. The van der Waals surface area contributed by atoms with Crippen LogP contribution in [0.15, 0.2) is 29.2 Å². The fourth-order valence-electron chi connectivity index (χ4n) is 1.75. The first-order valence-corrected chi connectivity index (χ1v) is 7.77. The molecule has 0 aromatic heterocycles. The highest BCUT2D eigenvalue weighted by Gasteiger charge is 2.19. The lowest BCUT2D eigenvalue weighted by Crippen LogP contribution is -2.35. The summed E-state index contributed by atoms with van der Waals surface area (Å²) < 4.78 is 31.7. The van der Waals surface area contributed by atoms with Crippen molar-refractivity contribution in [1.82, 2.24) is 4.72 Å². The van der Waals surface area contributed by atoms with Crippen molar-refractivity contribution in [2.45, 2.75) is 44.0 Å². The Labute approximate surface area is 116 Å². The molecule has 1 N–H and O–H groups in total. The van der Waals surface area contributed by atoms with Crippen LogP contribution in [0.4, 0.5) is 0 Å². The first-order valence-electron chi connectivity index (χ1n) is 6.28. The summed E-state index contributed by atoms with van der Waals surface area (Å²) in [6, 6.07) is 6.74. The van der Waals surface area contributed by atoms with Crippen molar-refractivity contribution in [3.05, 3.63) is 29.8 Å². The van der Waals surface area contributed by atoms with Gasteiger partial charge in [0.05, 0.1) is 11.5 Å². The molecular formula is C14H23NO3S. The molecule has 0 saturated heterocycles. The summed E-state index contributed by atoms with van der Waals surface area (Å²) in [5.74, 6) is 0. The largest absolute Gasteiger partial charge is 0.383 e. The molecule has 0 spiro atoms. The van der Waals surface area contributed by atoms with Gasteiger partial charge in [0, 0.05) is 13.2 Å². The predicted molar refractivity (Wildman–Crippen MR) is 76.8 cm³/mol. The molecule has 5 heteroatoms. The number of hydrogen-bond acceptors (Lipinski definition) is 3. The van der Waals surface area contributed by atoms with Gasteiger partial charge < -0.3 is 4.74 Å². The second-order valence-corrected chi connectivity index (χ2v) is 7.47. The number of benzene rings is 1. The summed E-state index contributed by atoms with van der Waals surface area (Å²) in [6.45, 7) is 8.39. The molecule has 0 aliphatic rings. The minimum absolute atomic E-state index is 0.0130. The van der Waals surface area contributed by atoms with E-state index >= 15 is 0 Å². The predicted octanol–water partition coefficient (Wildman–Crippen LogP) is 2.30. The number of sulfonamides is 1. The van der Waals surface area contributed by atoms with Crippen molar-refractivity contribution in [1.29, 1.82) is 0 Å². The second kappa shape index (κ2) is 6.03. The Morgan fingerprint density at radius 3 is 2.16 bits per heavy atom. The van der Waals surface area contributed by atoms with Crippen molar-refractivity contribution >= 4 is 10.0 Å². The summed E-state index contributed by atoms with van der Waals surface area (Å²) in [5.41, 5.74) is 1.12. The Morgan fingerprint density at radius 1 is 1.21 bits per heavy atom. The van der Waals surface area contributed by atoms with Crippen LogP contribution in [-0.4, -0.2) is 28.2 Å². The number of methoxy groups -OCH3 is 1. The highest BCUT2D eigenvalue weighted by Crippen LogP contribution is 2.23. The molecule has 1 rings (SSSR count). The zero-order valence-corrected chi connectivity index (χ0v) is 13.0. The van der Waals surface area contributed by atoms with Crippen molar-refractivity contribution in [3.63, 3.8) is 0 Å². The van der Waals surface area contributed by atoms with Gasteiger partial charge in [-0.15, -0.1) is 0 Å². The zero-order chi connectivity index (χ0) is 14.7. The minimum atomic E-state index is -3.47. The maximum atomic E-state index is 12.1. The molecule has 0 fully saturated rings. The van der Waals surface area contributed by atoms with Gasteiger partial charge in [0.15, 0.2) is 0 Å². The maximum Gasteiger partial charge on any atom is 0.240 e. The molecule has 1 unspecified atom stereocenters. The zero-order valence-electron chi connectivity index (χ0n) is 12.2. The Balaban J connectivity index is 2.91. The van der Waals surface area contributed by atoms with Crippen LogP contribution in [0, 0.1) is 0 Å². The van der Waals surface area contributed by atoms with Crippen LogP contribution in [0.25, 0.3) is 0 Å². The van der Waals surface area contributed by atoms with E-state index in [0.717, 1.165) is 5.56 Å². The van der Waals surface area contributed by atoms with E-state index in [1.165, 1.54) is 0 Å². The Kier molecular flexibility index (Phi) is 5.12.